The minimum Gasteiger partial charge on any atom is -0.336 e. The Labute approximate surface area is 713 Å². The van der Waals surface area contributed by atoms with E-state index in [1.807, 2.05) is 35.9 Å². The van der Waals surface area contributed by atoms with E-state index in [-0.39, 0.29) is 143 Å². The monoisotopic (exact) mass is 1880 g/mol. The number of carbonyl (C=O) groups excluding carboxylic acids is 5. The summed E-state index contributed by atoms with van der Waals surface area (Å²) in [6, 6.07) is 39.3. The molecule has 5 atom stereocenters. The first-order valence-corrected chi connectivity index (χ1v) is 49.9. The average molecular weight is 1880 g/mol. The Morgan fingerprint density at radius 3 is 0.991 bits per heavy atom. The van der Waals surface area contributed by atoms with Gasteiger partial charge in [-0.2, -0.15) is 0 Å². The highest BCUT2D eigenvalue weighted by molar-refractivity contribution is 7.93. The van der Waals surface area contributed by atoms with Crippen LogP contribution >= 0.6 is 126 Å². The molecular weight excluding hydrogens is 1810 g/mol. The van der Waals surface area contributed by atoms with Crippen LogP contribution in [-0.4, -0.2) is 190 Å². The molecule has 0 radical (unpaired) electrons. The summed E-state index contributed by atoms with van der Waals surface area (Å²) in [6.07, 6.45) is 0. The SMILES string of the molecule is Cc1cc(Cl)ccc1C(=O)N1CCS(=O)(=O)C(c2cccs2)C1.O=C(c1cc(F)cc(Cl)c1)N1CCS(=O)(=O)C(c2cccs2)C1.O=C(c1ccc(Cl)cc1Cl)N1CCS(=O)(=O)C(c2cccs2)C1.O=C(c1ccc(Cl)cc1F)N1CCS(=O)(=O)C(c2cccs2)C1.O=C(c1cccc(Cl)c1F)N1CCS(=O)(=O)C(c2cccs2)C1. The van der Waals surface area contributed by atoms with Gasteiger partial charge in [0.1, 0.15) is 37.9 Å². The normalized spacial score (nSPS) is 20.4. The number of nitrogens with zero attached hydrogens (tertiary/aromatic N) is 5. The minimum atomic E-state index is -3.32. The maximum absolute atomic E-state index is 14.0. The number of thiophene rings is 5. The fraction of sp³-hybridized carbons (Fsp3) is 0.276. The predicted octanol–water partition coefficient (Wildman–Crippen LogP) is 16.4. The Morgan fingerprint density at radius 1 is 0.330 bits per heavy atom. The lowest BCUT2D eigenvalue weighted by molar-refractivity contribution is 0.0745. The zero-order valence-corrected chi connectivity index (χ0v) is 72.9. The van der Waals surface area contributed by atoms with E-state index in [1.54, 1.807) is 98.7 Å². The van der Waals surface area contributed by atoms with Gasteiger partial charge < -0.3 is 24.5 Å². The van der Waals surface area contributed by atoms with E-state index in [0.29, 0.717) is 35.8 Å². The summed E-state index contributed by atoms with van der Waals surface area (Å²) < 4.78 is 164. The van der Waals surface area contributed by atoms with Gasteiger partial charge in [0.2, 0.25) is 0 Å². The maximum atomic E-state index is 14.0. The average Bonchev–Trinajstić information content (AvgIpc) is 1.78. The summed E-state index contributed by atoms with van der Waals surface area (Å²) in [5.41, 5.74) is 1.59. The topological polar surface area (TPSA) is 272 Å². The largest absolute Gasteiger partial charge is 0.336 e. The van der Waals surface area contributed by atoms with Crippen LogP contribution in [-0.2, 0) is 49.2 Å². The number of hydrogen-bond donors (Lipinski definition) is 0. The molecule has 5 unspecified atom stereocenters. The molecule has 610 valence electrons. The van der Waals surface area contributed by atoms with Crippen molar-refractivity contribution >= 4 is 205 Å². The van der Waals surface area contributed by atoms with E-state index in [2.05, 4.69) is 0 Å². The van der Waals surface area contributed by atoms with Crippen LogP contribution in [0.15, 0.2) is 179 Å². The Kier molecular flexibility index (Phi) is 29.5. The Morgan fingerprint density at radius 2 is 0.652 bits per heavy atom. The molecule has 5 aliphatic rings. The van der Waals surface area contributed by atoms with Crippen LogP contribution in [0.25, 0.3) is 0 Å². The van der Waals surface area contributed by atoms with Crippen LogP contribution in [0, 0.1) is 24.4 Å². The van der Waals surface area contributed by atoms with Gasteiger partial charge >= 0.3 is 0 Å². The van der Waals surface area contributed by atoms with E-state index in [4.69, 9.17) is 69.6 Å². The number of carbonyl (C=O) groups is 5. The molecule has 5 amide bonds. The standard InChI is InChI=1S/C16H16ClNO3S2.C15H13Cl2NO3S2.3C15H13ClFNO3S2/c1-11-9-12(17)4-5-13(11)16(19)18-6-8-23(20,21)15(10-18)14-3-2-7-22-14;16-10-3-4-11(12(17)8-10)15(19)18-5-7-23(20,21)14(9-18)13-2-1-6-22-13;16-11-4-1-3-10(14(11)17)15(19)18-6-8-23(20,21)13(9-18)12-5-2-7-22-12;16-10-3-4-11(12(17)8-10)15(19)18-5-7-23(20,21)14(9-18)13-2-1-6-22-13;16-11-6-10(7-12(17)8-11)15(19)18-3-5-23(20,21)14(9-18)13-2-1-4-22-13/h2-5,7,9,15H,6,8,10H2,1H3;1-4,6,8,14H,5,7,9H2;1-5,7,13H,6,8-9H2;1-4,6,8,14H,5,7,9H2;1-2,4,6-8,14H,3,5,9H2. The number of benzene rings is 5. The number of amides is 5. The van der Waals surface area contributed by atoms with Gasteiger partial charge in [-0.15, -0.1) is 56.7 Å². The van der Waals surface area contributed by atoms with E-state index in [1.165, 1.54) is 114 Å². The van der Waals surface area contributed by atoms with Crippen LogP contribution in [0.2, 0.25) is 30.1 Å². The third kappa shape index (κ3) is 21.8. The van der Waals surface area contributed by atoms with Crippen LogP contribution in [0.4, 0.5) is 13.2 Å². The third-order valence-corrected chi connectivity index (χ3v) is 36.4. The highest BCUT2D eigenvalue weighted by Crippen LogP contribution is 2.39. The van der Waals surface area contributed by atoms with Gasteiger partial charge in [-0.25, -0.2) is 55.3 Å². The van der Waals surface area contributed by atoms with Crippen molar-refractivity contribution in [3.05, 3.63) is 284 Å². The highest BCUT2D eigenvalue weighted by atomic mass is 35.5. The molecule has 5 aromatic heterocycles. The molecule has 5 saturated heterocycles. The van der Waals surface area contributed by atoms with Crippen molar-refractivity contribution in [3.8, 4) is 0 Å². The first-order chi connectivity index (χ1) is 54.4. The molecule has 0 N–H and O–H groups in total. The summed E-state index contributed by atoms with van der Waals surface area (Å²) in [5, 5.41) is 7.03. The van der Waals surface area contributed by atoms with Crippen molar-refractivity contribution < 1.29 is 79.2 Å². The summed E-state index contributed by atoms with van der Waals surface area (Å²) in [7, 11) is -16.4. The first-order valence-electron chi connectivity index (χ1n) is 34.7. The Balaban J connectivity index is 0.000000142. The van der Waals surface area contributed by atoms with Crippen LogP contribution < -0.4 is 0 Å². The summed E-state index contributed by atoms with van der Waals surface area (Å²) in [4.78, 5) is 74.0. The quantitative estimate of drug-likeness (QED) is 0.123. The Bertz CT molecular complexity index is 5470. The summed E-state index contributed by atoms with van der Waals surface area (Å²) in [6.45, 7) is 2.89. The molecule has 10 aromatic rings. The number of halogens is 9. The first kappa shape index (κ1) is 89.0. The van der Waals surface area contributed by atoms with E-state index in [0.717, 1.165) is 33.5 Å². The van der Waals surface area contributed by atoms with E-state index >= 15 is 0 Å². The van der Waals surface area contributed by atoms with Crippen molar-refractivity contribution in [2.24, 2.45) is 0 Å². The number of aryl methyl sites for hydroxylation is 1. The summed E-state index contributed by atoms with van der Waals surface area (Å²) in [5.74, 6) is -4.40. The van der Waals surface area contributed by atoms with Gasteiger partial charge in [0.15, 0.2) is 55.0 Å². The van der Waals surface area contributed by atoms with Crippen molar-refractivity contribution in [2.45, 2.75) is 33.2 Å². The molecule has 115 heavy (non-hydrogen) atoms. The number of rotatable bonds is 10. The second kappa shape index (κ2) is 38.1. The van der Waals surface area contributed by atoms with Gasteiger partial charge in [0, 0.05) is 121 Å². The highest BCUT2D eigenvalue weighted by Gasteiger charge is 2.43. The molecular formula is C76H68Cl6F3N5O15S10. The van der Waals surface area contributed by atoms with Gasteiger partial charge in [-0.1, -0.05) is 106 Å². The molecule has 5 aliphatic heterocycles. The van der Waals surface area contributed by atoms with Crippen molar-refractivity contribution in [3.63, 3.8) is 0 Å². The lowest BCUT2D eigenvalue weighted by atomic mass is 10.1. The number of sulfone groups is 5. The zero-order valence-electron chi connectivity index (χ0n) is 60.2. The van der Waals surface area contributed by atoms with Gasteiger partial charge in [-0.3, -0.25) is 24.0 Å². The predicted molar refractivity (Wildman–Crippen MR) is 451 cm³/mol. The Hall–Kier alpha value is -6.77. The third-order valence-electron chi connectivity index (χ3n) is 19.1. The van der Waals surface area contributed by atoms with E-state index in [9.17, 15) is 79.2 Å². The lowest BCUT2D eigenvalue weighted by Crippen LogP contribution is -2.45. The minimum absolute atomic E-state index is 0.00601. The molecule has 10 heterocycles. The molecule has 15 rings (SSSR count). The molecule has 0 bridgehead atoms. The molecule has 20 nitrogen and oxygen atoms in total. The second-order valence-corrected chi connectivity index (χ2v) is 45.5. The molecule has 5 aromatic carbocycles. The maximum Gasteiger partial charge on any atom is 0.256 e. The lowest BCUT2D eigenvalue weighted by Gasteiger charge is -2.32. The van der Waals surface area contributed by atoms with Crippen LogP contribution in [0.5, 0.6) is 0 Å². The fourth-order valence-corrected chi connectivity index (χ4v) is 28.7. The fourth-order valence-electron chi connectivity index (χ4n) is 13.0. The number of hydrogen-bond acceptors (Lipinski definition) is 20. The van der Waals surface area contributed by atoms with Crippen molar-refractivity contribution in [1.82, 2.24) is 24.5 Å². The zero-order chi connectivity index (χ0) is 83.1. The van der Waals surface area contributed by atoms with Crippen molar-refractivity contribution in [1.29, 1.82) is 0 Å². The van der Waals surface area contributed by atoms with Gasteiger partial charge in [-0.05, 0) is 155 Å². The molecule has 39 heteroatoms. The van der Waals surface area contributed by atoms with Crippen molar-refractivity contribution in [2.75, 3.05) is 94.2 Å². The smallest absolute Gasteiger partial charge is 0.256 e. The van der Waals surface area contributed by atoms with E-state index < -0.39 is 111 Å². The van der Waals surface area contributed by atoms with Crippen LogP contribution in [0.3, 0.4) is 0 Å². The molecule has 5 fully saturated rings. The molecule has 0 aliphatic carbocycles. The second-order valence-electron chi connectivity index (χ2n) is 26.6. The molecule has 0 saturated carbocycles. The van der Waals surface area contributed by atoms with Gasteiger partial charge in [0.05, 0.1) is 55.5 Å². The molecule has 0 spiro atoms. The summed E-state index contributed by atoms with van der Waals surface area (Å²) >= 11 is 41.9. The van der Waals surface area contributed by atoms with Crippen LogP contribution in [0.1, 0.15) is 108 Å². The van der Waals surface area contributed by atoms with Gasteiger partial charge in [0.25, 0.3) is 29.5 Å².